The molecule has 0 atom stereocenters. The van der Waals surface area contributed by atoms with Gasteiger partial charge in [0.25, 0.3) is 0 Å². The molecule has 0 unspecified atom stereocenters. The molecule has 0 bridgehead atoms. The Morgan fingerprint density at radius 2 is 1.58 bits per heavy atom. The molecule has 0 spiro atoms. The van der Waals surface area contributed by atoms with Crippen molar-refractivity contribution in [2.24, 2.45) is 0 Å². The Bertz CT molecular complexity index is 530. The Morgan fingerprint density at radius 3 is 2.00 bits per heavy atom. The van der Waals surface area contributed by atoms with Crippen molar-refractivity contribution < 1.29 is 5.11 Å². The van der Waals surface area contributed by atoms with Crippen LogP contribution in [0.3, 0.4) is 0 Å². The predicted octanol–water partition coefficient (Wildman–Crippen LogP) is 3.83. The summed E-state index contributed by atoms with van der Waals surface area (Å²) in [6.45, 7) is 9.48. The first-order chi connectivity index (χ1) is 9.13. The monoisotopic (exact) mass is 257 g/mol. The Labute approximate surface area is 113 Å². The zero-order valence-electron chi connectivity index (χ0n) is 11.5. The summed E-state index contributed by atoms with van der Waals surface area (Å²) < 4.78 is 0. The molecule has 1 N–H and O–H groups in total. The SMILES string of the molecule is C=C(/C(O)=C\C=C/C)n1nc(/C=C\C)c(/C=C\C)n1. The van der Waals surface area contributed by atoms with Crippen molar-refractivity contribution in [2.75, 3.05) is 0 Å². The van der Waals surface area contributed by atoms with E-state index in [1.54, 1.807) is 12.2 Å². The lowest BCUT2D eigenvalue weighted by atomic mass is 10.3. The molecular weight excluding hydrogens is 238 g/mol. The van der Waals surface area contributed by atoms with Crippen LogP contribution < -0.4 is 0 Å². The summed E-state index contributed by atoms with van der Waals surface area (Å²) in [7, 11) is 0. The van der Waals surface area contributed by atoms with E-state index in [4.69, 9.17) is 0 Å². The van der Waals surface area contributed by atoms with Crippen LogP contribution in [0.2, 0.25) is 0 Å². The number of aliphatic hydroxyl groups excluding tert-OH is 1. The average Bonchev–Trinajstić information content (AvgIpc) is 2.79. The van der Waals surface area contributed by atoms with Crippen molar-refractivity contribution in [1.29, 1.82) is 0 Å². The average molecular weight is 257 g/mol. The van der Waals surface area contributed by atoms with Gasteiger partial charge in [0.05, 0.1) is 0 Å². The molecule has 1 rings (SSSR count). The molecule has 4 nitrogen and oxygen atoms in total. The van der Waals surface area contributed by atoms with Crippen molar-refractivity contribution in [2.45, 2.75) is 20.8 Å². The van der Waals surface area contributed by atoms with Gasteiger partial charge in [-0.3, -0.25) is 0 Å². The minimum absolute atomic E-state index is 0.0344. The van der Waals surface area contributed by atoms with E-state index in [1.807, 2.05) is 51.2 Å². The number of allylic oxidation sites excluding steroid dienone is 6. The van der Waals surface area contributed by atoms with Gasteiger partial charge in [-0.1, -0.05) is 30.9 Å². The van der Waals surface area contributed by atoms with Gasteiger partial charge in [0.2, 0.25) is 0 Å². The van der Waals surface area contributed by atoms with Crippen LogP contribution in [-0.4, -0.2) is 20.1 Å². The van der Waals surface area contributed by atoms with Crippen LogP contribution >= 0.6 is 0 Å². The first kappa shape index (κ1) is 14.7. The Kier molecular flexibility index (Phi) is 5.54. The predicted molar refractivity (Wildman–Crippen MR) is 80.3 cm³/mol. The van der Waals surface area contributed by atoms with Gasteiger partial charge >= 0.3 is 0 Å². The van der Waals surface area contributed by atoms with Gasteiger partial charge in [0.15, 0.2) is 0 Å². The van der Waals surface area contributed by atoms with E-state index in [0.29, 0.717) is 5.70 Å². The third-order valence-electron chi connectivity index (χ3n) is 2.30. The normalized spacial score (nSPS) is 13.1. The Balaban J connectivity index is 3.14. The summed E-state index contributed by atoms with van der Waals surface area (Å²) in [5.41, 5.74) is 1.81. The highest BCUT2D eigenvalue weighted by Crippen LogP contribution is 2.14. The summed E-state index contributed by atoms with van der Waals surface area (Å²) in [5, 5.41) is 18.4. The molecule has 19 heavy (non-hydrogen) atoms. The standard InChI is InChI=1S/C15H19N3O/c1-5-8-11-15(19)12(4)18-16-13(9-6-2)14(17-18)10-7-3/h5-11,19H,4H2,1-3H3/b8-5-,9-6-,10-7-,15-11+. The van der Waals surface area contributed by atoms with Crippen molar-refractivity contribution in [3.8, 4) is 0 Å². The molecular formula is C15H19N3O. The summed E-state index contributed by atoms with van der Waals surface area (Å²) in [4.78, 5) is 1.33. The molecule has 4 heteroatoms. The topological polar surface area (TPSA) is 50.9 Å². The van der Waals surface area contributed by atoms with Crippen molar-refractivity contribution in [3.05, 3.63) is 54.1 Å². The Hall–Kier alpha value is -2.36. The van der Waals surface area contributed by atoms with Crippen LogP contribution in [0.25, 0.3) is 17.8 Å². The number of hydrogen-bond donors (Lipinski definition) is 1. The number of rotatable bonds is 5. The quantitative estimate of drug-likeness (QED) is 0.644. The minimum Gasteiger partial charge on any atom is -0.506 e. The van der Waals surface area contributed by atoms with E-state index in [1.165, 1.54) is 4.80 Å². The van der Waals surface area contributed by atoms with Gasteiger partial charge in [0.1, 0.15) is 22.8 Å². The Morgan fingerprint density at radius 1 is 1.05 bits per heavy atom. The molecule has 0 fully saturated rings. The molecule has 0 amide bonds. The van der Waals surface area contributed by atoms with Crippen molar-refractivity contribution in [1.82, 2.24) is 15.0 Å². The first-order valence-electron chi connectivity index (χ1n) is 6.08. The zero-order valence-corrected chi connectivity index (χ0v) is 11.5. The maximum atomic E-state index is 9.84. The van der Waals surface area contributed by atoms with E-state index in [9.17, 15) is 5.11 Å². The molecule has 0 radical (unpaired) electrons. The third kappa shape index (κ3) is 3.81. The largest absolute Gasteiger partial charge is 0.506 e. The molecule has 1 heterocycles. The van der Waals surface area contributed by atoms with Gasteiger partial charge in [-0.05, 0) is 39.0 Å². The van der Waals surface area contributed by atoms with Crippen LogP contribution in [0, 0.1) is 0 Å². The fourth-order valence-corrected chi connectivity index (χ4v) is 1.39. The maximum Gasteiger partial charge on any atom is 0.142 e. The highest BCUT2D eigenvalue weighted by Gasteiger charge is 2.10. The summed E-state index contributed by atoms with van der Waals surface area (Å²) in [5.74, 6) is 0.0344. The number of aromatic nitrogens is 3. The summed E-state index contributed by atoms with van der Waals surface area (Å²) in [6.07, 6.45) is 12.6. The van der Waals surface area contributed by atoms with E-state index in [-0.39, 0.29) is 5.76 Å². The van der Waals surface area contributed by atoms with Gasteiger partial charge in [-0.25, -0.2) is 0 Å². The summed E-state index contributed by atoms with van der Waals surface area (Å²) in [6, 6.07) is 0. The molecule has 1 aromatic heterocycles. The fraction of sp³-hybridized carbons (Fsp3) is 0.200. The molecule has 0 saturated carbocycles. The fourth-order valence-electron chi connectivity index (χ4n) is 1.39. The van der Waals surface area contributed by atoms with Crippen molar-refractivity contribution >= 4 is 17.8 Å². The minimum atomic E-state index is 0.0344. The molecule has 100 valence electrons. The zero-order chi connectivity index (χ0) is 14.3. The number of aliphatic hydroxyl groups is 1. The van der Waals surface area contributed by atoms with E-state index >= 15 is 0 Å². The van der Waals surface area contributed by atoms with Gasteiger partial charge < -0.3 is 5.11 Å². The molecule has 0 saturated heterocycles. The first-order valence-corrected chi connectivity index (χ1v) is 6.08. The lowest BCUT2D eigenvalue weighted by Gasteiger charge is -2.01. The second-order valence-electron chi connectivity index (χ2n) is 3.78. The van der Waals surface area contributed by atoms with Crippen LogP contribution in [0.15, 0.2) is 42.7 Å². The molecule has 0 aliphatic carbocycles. The van der Waals surface area contributed by atoms with Crippen LogP contribution in [-0.2, 0) is 0 Å². The summed E-state index contributed by atoms with van der Waals surface area (Å²) >= 11 is 0. The van der Waals surface area contributed by atoms with Crippen LogP contribution in [0.1, 0.15) is 32.2 Å². The lowest BCUT2D eigenvalue weighted by molar-refractivity contribution is 0.428. The second kappa shape index (κ2) is 7.16. The lowest BCUT2D eigenvalue weighted by Crippen LogP contribution is -2.03. The van der Waals surface area contributed by atoms with Crippen LogP contribution in [0.5, 0.6) is 0 Å². The van der Waals surface area contributed by atoms with Gasteiger partial charge in [0, 0.05) is 0 Å². The second-order valence-corrected chi connectivity index (χ2v) is 3.78. The third-order valence-corrected chi connectivity index (χ3v) is 2.30. The molecule has 0 aromatic carbocycles. The smallest absolute Gasteiger partial charge is 0.142 e. The molecule has 1 aromatic rings. The number of hydrogen-bond acceptors (Lipinski definition) is 3. The maximum absolute atomic E-state index is 9.84. The van der Waals surface area contributed by atoms with E-state index < -0.39 is 0 Å². The van der Waals surface area contributed by atoms with E-state index in [0.717, 1.165) is 11.4 Å². The highest BCUT2D eigenvalue weighted by atomic mass is 16.3. The highest BCUT2D eigenvalue weighted by molar-refractivity contribution is 5.62. The van der Waals surface area contributed by atoms with E-state index in [2.05, 4.69) is 16.8 Å². The molecule has 0 aliphatic rings. The number of nitrogens with zero attached hydrogens (tertiary/aromatic N) is 3. The molecule has 0 aliphatic heterocycles. The van der Waals surface area contributed by atoms with Crippen molar-refractivity contribution in [3.63, 3.8) is 0 Å². The van der Waals surface area contributed by atoms with Gasteiger partial charge in [-0.2, -0.15) is 0 Å². The van der Waals surface area contributed by atoms with Gasteiger partial charge in [-0.15, -0.1) is 15.0 Å². The van der Waals surface area contributed by atoms with Crippen LogP contribution in [0.4, 0.5) is 0 Å².